The molecule has 0 fully saturated rings. The molecular weight excluding hydrogens is 569 g/mol. The second-order valence-corrected chi connectivity index (χ2v) is 11.9. The Kier molecular flexibility index (Phi) is 9.08. The van der Waals surface area contributed by atoms with E-state index in [0.717, 1.165) is 32.9 Å². The molecule has 5 aromatic rings. The Hall–Kier alpha value is -4.05. The molecule has 6 nitrogen and oxygen atoms in total. The van der Waals surface area contributed by atoms with E-state index in [1.807, 2.05) is 60.8 Å². The van der Waals surface area contributed by atoms with Crippen molar-refractivity contribution in [2.24, 2.45) is 0 Å². The number of rotatable bonds is 9. The molecule has 0 spiro atoms. The smallest absolute Gasteiger partial charge is 0.239 e. The molecular formula is C32H28N4O2S3. The van der Waals surface area contributed by atoms with E-state index in [-0.39, 0.29) is 16.9 Å². The summed E-state index contributed by atoms with van der Waals surface area (Å²) < 4.78 is 0. The largest absolute Gasteiger partial charge is 0.332 e. The van der Waals surface area contributed by atoms with Crippen molar-refractivity contribution >= 4 is 79.4 Å². The number of anilines is 3. The minimum absolute atomic E-state index is 0.0167. The van der Waals surface area contributed by atoms with Gasteiger partial charge in [0, 0.05) is 32.8 Å². The third-order valence-electron chi connectivity index (χ3n) is 6.36. The van der Waals surface area contributed by atoms with Gasteiger partial charge in [-0.25, -0.2) is 4.98 Å². The van der Waals surface area contributed by atoms with Crippen molar-refractivity contribution in [3.63, 3.8) is 0 Å². The van der Waals surface area contributed by atoms with Crippen LogP contribution in [0.1, 0.15) is 30.6 Å². The second-order valence-electron chi connectivity index (χ2n) is 9.34. The number of thiocarbonyl (C=S) groups is 1. The van der Waals surface area contributed by atoms with Gasteiger partial charge < -0.3 is 16.0 Å². The van der Waals surface area contributed by atoms with E-state index in [0.29, 0.717) is 22.2 Å². The first-order valence-electron chi connectivity index (χ1n) is 13.1. The molecule has 0 bridgehead atoms. The summed E-state index contributed by atoms with van der Waals surface area (Å²) in [5, 5.41) is 14.4. The minimum Gasteiger partial charge on any atom is -0.332 e. The summed E-state index contributed by atoms with van der Waals surface area (Å²) in [4.78, 5) is 30.3. The molecule has 206 valence electrons. The van der Waals surface area contributed by atoms with Gasteiger partial charge in [0.25, 0.3) is 0 Å². The number of thiazole rings is 1. The third-order valence-corrected chi connectivity index (χ3v) is 8.68. The van der Waals surface area contributed by atoms with Gasteiger partial charge in [-0.1, -0.05) is 49.4 Å². The lowest BCUT2D eigenvalue weighted by Gasteiger charge is -2.15. The number of amides is 1. The van der Waals surface area contributed by atoms with E-state index in [9.17, 15) is 9.59 Å². The van der Waals surface area contributed by atoms with Crippen LogP contribution in [-0.2, 0) is 4.79 Å². The van der Waals surface area contributed by atoms with E-state index in [2.05, 4.69) is 51.3 Å². The van der Waals surface area contributed by atoms with Gasteiger partial charge >= 0.3 is 0 Å². The first-order chi connectivity index (χ1) is 19.9. The van der Waals surface area contributed by atoms with Gasteiger partial charge in [0.1, 0.15) is 0 Å². The number of aromatic nitrogens is 1. The fraction of sp³-hybridized carbons (Fsp3) is 0.125. The number of nitrogens with zero attached hydrogens (tertiary/aromatic N) is 1. The van der Waals surface area contributed by atoms with Gasteiger partial charge in [-0.15, -0.1) is 23.1 Å². The normalized spacial score (nSPS) is 11.6. The molecule has 0 radical (unpaired) electrons. The Bertz CT molecular complexity index is 1720. The lowest BCUT2D eigenvalue weighted by atomic mass is 10.1. The summed E-state index contributed by atoms with van der Waals surface area (Å²) >= 11 is 8.39. The fourth-order valence-corrected chi connectivity index (χ4v) is 6.19. The molecule has 1 aromatic heterocycles. The van der Waals surface area contributed by atoms with Crippen LogP contribution >= 0.6 is 35.3 Å². The highest BCUT2D eigenvalue weighted by molar-refractivity contribution is 8.00. The van der Waals surface area contributed by atoms with Gasteiger partial charge in [0.15, 0.2) is 16.0 Å². The lowest BCUT2D eigenvalue weighted by molar-refractivity contribution is -0.115. The predicted octanol–water partition coefficient (Wildman–Crippen LogP) is 8.48. The highest BCUT2D eigenvalue weighted by atomic mass is 32.2. The first kappa shape index (κ1) is 28.5. The van der Waals surface area contributed by atoms with Crippen LogP contribution in [0.3, 0.4) is 0 Å². The van der Waals surface area contributed by atoms with Crippen molar-refractivity contribution in [2.45, 2.75) is 30.4 Å². The molecule has 1 heterocycles. The number of benzene rings is 4. The zero-order valence-electron chi connectivity index (χ0n) is 22.5. The highest BCUT2D eigenvalue weighted by Gasteiger charge is 2.20. The molecule has 1 unspecified atom stereocenters. The summed E-state index contributed by atoms with van der Waals surface area (Å²) in [5.74, 6) is -0.0653. The van der Waals surface area contributed by atoms with Gasteiger partial charge in [-0.3, -0.25) is 9.59 Å². The number of ketones is 1. The molecule has 41 heavy (non-hydrogen) atoms. The summed E-state index contributed by atoms with van der Waals surface area (Å²) in [6, 6.07) is 29.4. The lowest BCUT2D eigenvalue weighted by Crippen LogP contribution is -2.24. The van der Waals surface area contributed by atoms with Crippen LogP contribution in [0.2, 0.25) is 0 Å². The Balaban J connectivity index is 1.19. The van der Waals surface area contributed by atoms with Crippen molar-refractivity contribution in [1.82, 2.24) is 4.98 Å². The molecule has 0 aliphatic carbocycles. The molecule has 1 amide bonds. The maximum absolute atomic E-state index is 13.2. The van der Waals surface area contributed by atoms with Crippen LogP contribution < -0.4 is 16.0 Å². The number of hydrogen-bond donors (Lipinski definition) is 3. The number of hydrogen-bond acceptors (Lipinski definition) is 6. The molecule has 3 N–H and O–H groups in total. The average Bonchev–Trinajstić information content (AvgIpc) is 3.44. The monoisotopic (exact) mass is 596 g/mol. The van der Waals surface area contributed by atoms with Crippen LogP contribution in [-0.4, -0.2) is 27.0 Å². The molecule has 0 aliphatic heterocycles. The Labute approximate surface area is 252 Å². The van der Waals surface area contributed by atoms with Crippen molar-refractivity contribution in [2.75, 3.05) is 16.0 Å². The van der Waals surface area contributed by atoms with Crippen LogP contribution in [0, 0.1) is 0 Å². The standard InChI is InChI=1S/C32H28N4O2S3/c1-3-29(30(38)36-32-35-28(19-40-32)24-12-11-22-7-4-5-8-23(22)17-24)41-27-10-6-9-26(18-27)34-31(39)33-25-15-13-21(14-16-25)20(2)37/h4-19,29H,3H2,1-2H3,(H2,33,34,39)(H,35,36,38). The maximum Gasteiger partial charge on any atom is 0.239 e. The molecule has 0 aliphatic rings. The number of nitrogens with one attached hydrogen (secondary N) is 3. The van der Waals surface area contributed by atoms with Crippen LogP contribution in [0.4, 0.5) is 16.5 Å². The summed E-state index contributed by atoms with van der Waals surface area (Å²) in [6.45, 7) is 3.53. The molecule has 1 atom stereocenters. The number of Topliss-reactive ketones (excluding diaryl/α,β-unsaturated/α-hetero) is 1. The van der Waals surface area contributed by atoms with Gasteiger partial charge in [-0.05, 0) is 84.9 Å². The second kappa shape index (κ2) is 13.1. The van der Waals surface area contributed by atoms with Gasteiger partial charge in [0.05, 0.1) is 10.9 Å². The van der Waals surface area contributed by atoms with Crippen LogP contribution in [0.15, 0.2) is 101 Å². The third kappa shape index (κ3) is 7.38. The van der Waals surface area contributed by atoms with Crippen molar-refractivity contribution in [1.29, 1.82) is 0 Å². The molecule has 0 saturated carbocycles. The van der Waals surface area contributed by atoms with Crippen molar-refractivity contribution < 1.29 is 9.59 Å². The summed E-state index contributed by atoms with van der Waals surface area (Å²) in [7, 11) is 0. The minimum atomic E-state index is -0.289. The number of carbonyl (C=O) groups is 2. The Morgan fingerprint density at radius 3 is 2.39 bits per heavy atom. The van der Waals surface area contributed by atoms with Crippen LogP contribution in [0.5, 0.6) is 0 Å². The zero-order chi connectivity index (χ0) is 28.8. The predicted molar refractivity (Wildman–Crippen MR) is 176 cm³/mol. The van der Waals surface area contributed by atoms with Gasteiger partial charge in [0.2, 0.25) is 5.91 Å². The fourth-order valence-electron chi connectivity index (χ4n) is 4.21. The quantitative estimate of drug-likeness (QED) is 0.0894. The molecule has 4 aromatic carbocycles. The summed E-state index contributed by atoms with van der Waals surface area (Å²) in [5.41, 5.74) is 4.10. The zero-order valence-corrected chi connectivity index (χ0v) is 25.0. The first-order valence-corrected chi connectivity index (χ1v) is 15.3. The molecule has 0 saturated heterocycles. The van der Waals surface area contributed by atoms with Crippen molar-refractivity contribution in [3.05, 3.63) is 102 Å². The highest BCUT2D eigenvalue weighted by Crippen LogP contribution is 2.31. The maximum atomic E-state index is 13.2. The molecule has 9 heteroatoms. The van der Waals surface area contributed by atoms with E-state index in [1.165, 1.54) is 35.4 Å². The van der Waals surface area contributed by atoms with Crippen LogP contribution in [0.25, 0.3) is 22.0 Å². The van der Waals surface area contributed by atoms with E-state index < -0.39 is 0 Å². The van der Waals surface area contributed by atoms with E-state index in [1.54, 1.807) is 12.1 Å². The van der Waals surface area contributed by atoms with E-state index >= 15 is 0 Å². The molecule has 5 rings (SSSR count). The Morgan fingerprint density at radius 2 is 1.63 bits per heavy atom. The SMILES string of the molecule is CCC(Sc1cccc(NC(=S)Nc2ccc(C(C)=O)cc2)c1)C(=O)Nc1nc(-c2ccc3ccccc3c2)cs1. The Morgan fingerprint density at radius 1 is 0.878 bits per heavy atom. The number of carbonyl (C=O) groups excluding carboxylic acids is 2. The van der Waals surface area contributed by atoms with Crippen molar-refractivity contribution in [3.8, 4) is 11.3 Å². The van der Waals surface area contributed by atoms with E-state index in [4.69, 9.17) is 12.2 Å². The average molecular weight is 597 g/mol. The number of fused-ring (bicyclic) bond motifs is 1. The number of thioether (sulfide) groups is 1. The van der Waals surface area contributed by atoms with Gasteiger partial charge in [-0.2, -0.15) is 0 Å². The topological polar surface area (TPSA) is 83.1 Å². The summed E-state index contributed by atoms with van der Waals surface area (Å²) in [6.07, 6.45) is 0.660.